The van der Waals surface area contributed by atoms with Crippen molar-refractivity contribution in [1.82, 2.24) is 14.5 Å². The highest BCUT2D eigenvalue weighted by molar-refractivity contribution is 8.05. The van der Waals surface area contributed by atoms with Gasteiger partial charge in [0, 0.05) is 76.9 Å². The Balaban J connectivity index is 1.26. The van der Waals surface area contributed by atoms with Crippen molar-refractivity contribution in [3.05, 3.63) is 140 Å². The number of aromatic nitrogens is 3. The van der Waals surface area contributed by atoms with E-state index in [0.717, 1.165) is 27.0 Å². The van der Waals surface area contributed by atoms with E-state index in [0.29, 0.717) is 5.95 Å². The fraction of sp³-hybridized carbons (Fsp3) is 0. The van der Waals surface area contributed by atoms with Crippen LogP contribution < -0.4 is 0 Å². The van der Waals surface area contributed by atoms with E-state index in [1.807, 2.05) is 34.9 Å². The van der Waals surface area contributed by atoms with Crippen LogP contribution in [0, 0.1) is 0 Å². The summed E-state index contributed by atoms with van der Waals surface area (Å²) < 4.78 is 6.17. The summed E-state index contributed by atoms with van der Waals surface area (Å²) in [5.74, 6) is 0.702. The standard InChI is InChI=1S/C44H23N3S4/c1-2-13-25-24(12-1)36-26-14-3-6-18-30(26)47(40(36)38-28-16-5-7-19-31(28)49-42(25)38)44-45-39(37-27-15-4-8-20-32(27)51-43(37)46-44)29-17-11-23-35-41(29)50-34-22-10-9-21-33(34)48-35/h1-23H. The zero-order chi connectivity index (χ0) is 33.2. The second kappa shape index (κ2) is 10.7. The van der Waals surface area contributed by atoms with Gasteiger partial charge in [-0.1, -0.05) is 127 Å². The van der Waals surface area contributed by atoms with E-state index >= 15 is 0 Å². The number of hydrogen-bond acceptors (Lipinski definition) is 6. The molecule has 5 heterocycles. The van der Waals surface area contributed by atoms with Gasteiger partial charge in [0.05, 0.1) is 16.7 Å². The molecule has 12 rings (SSSR count). The van der Waals surface area contributed by atoms with E-state index in [9.17, 15) is 0 Å². The molecule has 3 nitrogen and oxygen atoms in total. The minimum Gasteiger partial charge on any atom is -0.277 e. The van der Waals surface area contributed by atoms with Crippen LogP contribution in [0.25, 0.3) is 90.3 Å². The third-order valence-electron chi connectivity index (χ3n) is 10.1. The summed E-state index contributed by atoms with van der Waals surface area (Å²) in [5, 5.41) is 9.86. The first kappa shape index (κ1) is 28.5. The fourth-order valence-electron chi connectivity index (χ4n) is 7.97. The molecule has 0 radical (unpaired) electrons. The molecular weight excluding hydrogens is 699 g/mol. The summed E-state index contributed by atoms with van der Waals surface area (Å²) in [6.07, 6.45) is 0. The normalized spacial score (nSPS) is 12.9. The molecule has 7 aromatic carbocycles. The predicted molar refractivity (Wildman–Crippen MR) is 220 cm³/mol. The molecule has 0 unspecified atom stereocenters. The lowest BCUT2D eigenvalue weighted by atomic mass is 10.00. The van der Waals surface area contributed by atoms with Crippen LogP contribution in [-0.4, -0.2) is 14.5 Å². The molecule has 0 saturated carbocycles. The maximum atomic E-state index is 5.69. The van der Waals surface area contributed by atoms with Crippen molar-refractivity contribution in [3.63, 3.8) is 0 Å². The van der Waals surface area contributed by atoms with Crippen molar-refractivity contribution in [1.29, 1.82) is 0 Å². The lowest BCUT2D eigenvalue weighted by molar-refractivity contribution is 1.02. The zero-order valence-electron chi connectivity index (χ0n) is 26.8. The molecule has 0 N–H and O–H groups in total. The maximum absolute atomic E-state index is 5.69. The number of para-hydroxylation sites is 1. The number of fused-ring (bicyclic) bond motifs is 15. The number of rotatable bonds is 2. The Hall–Kier alpha value is -5.18. The number of hydrogen-bond donors (Lipinski definition) is 0. The average Bonchev–Trinajstić information content (AvgIpc) is 3.86. The molecular formula is C44H23N3S4. The first-order valence-electron chi connectivity index (χ1n) is 16.8. The first-order chi connectivity index (χ1) is 25.3. The van der Waals surface area contributed by atoms with Crippen molar-refractivity contribution in [2.75, 3.05) is 0 Å². The van der Waals surface area contributed by atoms with Gasteiger partial charge in [-0.15, -0.1) is 22.7 Å². The highest BCUT2D eigenvalue weighted by Crippen LogP contribution is 2.53. The third-order valence-corrected chi connectivity index (χ3v) is 15.0. The molecule has 1 aliphatic rings. The van der Waals surface area contributed by atoms with Crippen LogP contribution in [0.3, 0.4) is 0 Å². The Bertz CT molecular complexity index is 3280. The van der Waals surface area contributed by atoms with Crippen molar-refractivity contribution in [2.24, 2.45) is 0 Å². The van der Waals surface area contributed by atoms with Gasteiger partial charge < -0.3 is 0 Å². The van der Waals surface area contributed by atoms with Crippen molar-refractivity contribution < 1.29 is 0 Å². The van der Waals surface area contributed by atoms with Crippen molar-refractivity contribution >= 4 is 119 Å². The number of nitrogens with zero attached hydrogens (tertiary/aromatic N) is 3. The largest absolute Gasteiger partial charge is 0.277 e. The summed E-state index contributed by atoms with van der Waals surface area (Å²) >= 11 is 7.33. The lowest BCUT2D eigenvalue weighted by Crippen LogP contribution is -2.04. The Morgan fingerprint density at radius 3 is 1.90 bits per heavy atom. The Morgan fingerprint density at radius 2 is 1.08 bits per heavy atom. The Morgan fingerprint density at radius 1 is 0.451 bits per heavy atom. The van der Waals surface area contributed by atoms with Gasteiger partial charge in [0.1, 0.15) is 4.83 Å². The molecule has 51 heavy (non-hydrogen) atoms. The van der Waals surface area contributed by atoms with Gasteiger partial charge in [0.2, 0.25) is 5.95 Å². The topological polar surface area (TPSA) is 30.7 Å². The molecule has 0 bridgehead atoms. The van der Waals surface area contributed by atoms with Crippen LogP contribution in [0.1, 0.15) is 0 Å². The van der Waals surface area contributed by atoms with Gasteiger partial charge in [0.25, 0.3) is 0 Å². The molecule has 11 aromatic rings. The Labute approximate surface area is 308 Å². The third kappa shape index (κ3) is 3.97. The predicted octanol–water partition coefficient (Wildman–Crippen LogP) is 13.7. The smallest absolute Gasteiger partial charge is 0.236 e. The number of thiophene rings is 2. The molecule has 0 atom stereocenters. The van der Waals surface area contributed by atoms with Crippen molar-refractivity contribution in [3.8, 4) is 17.2 Å². The molecule has 4 aromatic heterocycles. The van der Waals surface area contributed by atoms with Crippen LogP contribution >= 0.6 is 46.2 Å². The summed E-state index contributed by atoms with van der Waals surface area (Å²) in [6.45, 7) is 0. The minimum absolute atomic E-state index is 0.702. The van der Waals surface area contributed by atoms with Crippen LogP contribution in [0.5, 0.6) is 0 Å². The van der Waals surface area contributed by atoms with E-state index in [4.69, 9.17) is 9.97 Å². The summed E-state index contributed by atoms with van der Waals surface area (Å²) in [4.78, 5) is 17.3. The van der Waals surface area contributed by atoms with Gasteiger partial charge in [-0.3, -0.25) is 4.57 Å². The Kier molecular flexibility index (Phi) is 5.96. The summed E-state index contributed by atoms with van der Waals surface area (Å²) in [6, 6.07) is 50.6. The number of benzene rings is 7. The van der Waals surface area contributed by atoms with Crippen LogP contribution in [-0.2, 0) is 0 Å². The highest BCUT2D eigenvalue weighted by atomic mass is 32.2. The molecule has 0 saturated heterocycles. The summed E-state index contributed by atoms with van der Waals surface area (Å²) in [5.41, 5.74) is 4.41. The van der Waals surface area contributed by atoms with Gasteiger partial charge in [-0.25, -0.2) is 9.97 Å². The van der Waals surface area contributed by atoms with Crippen LogP contribution in [0.2, 0.25) is 0 Å². The molecule has 0 spiro atoms. The molecule has 0 aliphatic carbocycles. The fourth-order valence-corrected chi connectivity index (χ4v) is 12.7. The minimum atomic E-state index is 0.702. The van der Waals surface area contributed by atoms with Gasteiger partial charge >= 0.3 is 0 Å². The second-order valence-electron chi connectivity index (χ2n) is 12.9. The monoisotopic (exact) mass is 721 g/mol. The van der Waals surface area contributed by atoms with Crippen LogP contribution in [0.15, 0.2) is 159 Å². The SMILES string of the molecule is c1ccc2c(c1)Sc1cccc(-c3nc(-n4c5ccccc5c5c6ccccc6c6sc7ccccc7c6c54)nc4sc5ccccc5c34)c1S2. The first-order valence-corrected chi connectivity index (χ1v) is 20.1. The van der Waals surface area contributed by atoms with E-state index < -0.39 is 0 Å². The maximum Gasteiger partial charge on any atom is 0.236 e. The van der Waals surface area contributed by atoms with Crippen molar-refractivity contribution in [2.45, 2.75) is 19.6 Å². The average molecular weight is 722 g/mol. The van der Waals surface area contributed by atoms with Gasteiger partial charge in [-0.05, 0) is 41.8 Å². The van der Waals surface area contributed by atoms with Gasteiger partial charge in [0.15, 0.2) is 0 Å². The van der Waals surface area contributed by atoms with E-state index in [2.05, 4.69) is 144 Å². The molecule has 1 aliphatic heterocycles. The highest BCUT2D eigenvalue weighted by Gasteiger charge is 2.27. The molecule has 238 valence electrons. The molecule has 0 fully saturated rings. The second-order valence-corrected chi connectivity index (χ2v) is 17.1. The summed E-state index contributed by atoms with van der Waals surface area (Å²) in [7, 11) is 0. The van der Waals surface area contributed by atoms with Gasteiger partial charge in [-0.2, -0.15) is 0 Å². The lowest BCUT2D eigenvalue weighted by Gasteiger charge is -2.21. The molecule has 0 amide bonds. The van der Waals surface area contributed by atoms with E-state index in [-0.39, 0.29) is 0 Å². The quantitative estimate of drug-likeness (QED) is 0.178. The molecule has 7 heteroatoms. The van der Waals surface area contributed by atoms with E-state index in [1.54, 1.807) is 11.3 Å². The van der Waals surface area contributed by atoms with Crippen LogP contribution in [0.4, 0.5) is 0 Å². The van der Waals surface area contributed by atoms with E-state index in [1.165, 1.54) is 76.9 Å². The zero-order valence-corrected chi connectivity index (χ0v) is 30.0.